The van der Waals surface area contributed by atoms with Crippen LogP contribution in [0.15, 0.2) is 54.6 Å². The summed E-state index contributed by atoms with van der Waals surface area (Å²) in [5, 5.41) is 14.4. The van der Waals surface area contributed by atoms with Crippen LogP contribution in [-0.2, 0) is 0 Å². The summed E-state index contributed by atoms with van der Waals surface area (Å²) in [6.45, 7) is 3.73. The first-order valence-corrected chi connectivity index (χ1v) is 8.92. The van der Waals surface area contributed by atoms with Crippen molar-refractivity contribution in [3.8, 4) is 0 Å². The molecule has 26 heavy (non-hydrogen) atoms. The molecule has 3 aromatic rings. The molecule has 7 heteroatoms. The van der Waals surface area contributed by atoms with Crippen molar-refractivity contribution in [2.45, 2.75) is 19.9 Å². The molecule has 2 N–H and O–H groups in total. The Bertz CT molecular complexity index is 907. The summed E-state index contributed by atoms with van der Waals surface area (Å²) >= 11 is 1.23. The number of carbonyl (C=O) groups is 2. The molecule has 0 fully saturated rings. The molecule has 1 atom stereocenters. The second kappa shape index (κ2) is 7.88. The summed E-state index contributed by atoms with van der Waals surface area (Å²) in [5.74, 6) is -0.482. The van der Waals surface area contributed by atoms with Crippen molar-refractivity contribution in [1.29, 1.82) is 0 Å². The van der Waals surface area contributed by atoms with Gasteiger partial charge >= 0.3 is 0 Å². The molecule has 0 radical (unpaired) electrons. The predicted octanol–water partition coefficient (Wildman–Crippen LogP) is 3.59. The van der Waals surface area contributed by atoms with Crippen molar-refractivity contribution in [1.82, 2.24) is 15.5 Å². The first-order chi connectivity index (χ1) is 12.5. The summed E-state index contributed by atoms with van der Waals surface area (Å²) in [4.78, 5) is 24.4. The number of rotatable bonds is 5. The zero-order chi connectivity index (χ0) is 18.5. The van der Waals surface area contributed by atoms with E-state index in [9.17, 15) is 9.59 Å². The topological polar surface area (TPSA) is 84.0 Å². The SMILES string of the molecule is Cc1nnc(C(=O)Nc2ccc(C(=O)NC(C)c3ccccc3)cc2)s1. The molecule has 0 bridgehead atoms. The summed E-state index contributed by atoms with van der Waals surface area (Å²) in [6.07, 6.45) is 0. The van der Waals surface area contributed by atoms with Crippen LogP contribution >= 0.6 is 11.3 Å². The van der Waals surface area contributed by atoms with Crippen molar-refractivity contribution in [3.05, 3.63) is 75.7 Å². The van der Waals surface area contributed by atoms with Crippen LogP contribution in [0.3, 0.4) is 0 Å². The number of aromatic nitrogens is 2. The molecule has 1 unspecified atom stereocenters. The second-order valence-corrected chi connectivity index (χ2v) is 6.95. The Morgan fingerprint density at radius 3 is 2.27 bits per heavy atom. The Kier molecular flexibility index (Phi) is 5.38. The van der Waals surface area contributed by atoms with E-state index in [0.717, 1.165) is 10.6 Å². The van der Waals surface area contributed by atoms with E-state index in [0.29, 0.717) is 16.3 Å². The molecule has 0 aliphatic rings. The summed E-state index contributed by atoms with van der Waals surface area (Å²) < 4.78 is 0. The van der Waals surface area contributed by atoms with Gasteiger partial charge in [-0.2, -0.15) is 0 Å². The molecule has 0 spiro atoms. The molecule has 132 valence electrons. The molecule has 3 rings (SSSR count). The fourth-order valence-corrected chi connectivity index (χ4v) is 2.97. The lowest BCUT2D eigenvalue weighted by Gasteiger charge is -2.14. The molecule has 1 heterocycles. The lowest BCUT2D eigenvalue weighted by atomic mass is 10.1. The van der Waals surface area contributed by atoms with E-state index in [-0.39, 0.29) is 17.9 Å². The van der Waals surface area contributed by atoms with Gasteiger partial charge in [0.1, 0.15) is 5.01 Å². The van der Waals surface area contributed by atoms with Crippen molar-refractivity contribution in [2.75, 3.05) is 5.32 Å². The van der Waals surface area contributed by atoms with E-state index in [1.165, 1.54) is 11.3 Å². The van der Waals surface area contributed by atoms with Crippen LogP contribution in [0.5, 0.6) is 0 Å². The van der Waals surface area contributed by atoms with Crippen molar-refractivity contribution >= 4 is 28.8 Å². The van der Waals surface area contributed by atoms with Crippen LogP contribution in [0.25, 0.3) is 0 Å². The highest BCUT2D eigenvalue weighted by Crippen LogP contribution is 2.15. The van der Waals surface area contributed by atoms with Gasteiger partial charge in [-0.3, -0.25) is 9.59 Å². The van der Waals surface area contributed by atoms with Gasteiger partial charge in [-0.15, -0.1) is 10.2 Å². The van der Waals surface area contributed by atoms with E-state index in [1.807, 2.05) is 37.3 Å². The minimum atomic E-state index is -0.314. The second-order valence-electron chi connectivity index (χ2n) is 5.76. The molecule has 0 saturated carbocycles. The van der Waals surface area contributed by atoms with Gasteiger partial charge in [0, 0.05) is 11.3 Å². The quantitative estimate of drug-likeness (QED) is 0.723. The Morgan fingerprint density at radius 1 is 0.962 bits per heavy atom. The van der Waals surface area contributed by atoms with Crippen molar-refractivity contribution in [2.24, 2.45) is 0 Å². The molecule has 1 aromatic heterocycles. The first kappa shape index (κ1) is 17.8. The third-order valence-electron chi connectivity index (χ3n) is 3.77. The van der Waals surface area contributed by atoms with Gasteiger partial charge in [-0.25, -0.2) is 0 Å². The highest BCUT2D eigenvalue weighted by Gasteiger charge is 2.13. The number of hydrogen-bond donors (Lipinski definition) is 2. The fourth-order valence-electron chi connectivity index (χ4n) is 2.38. The number of hydrogen-bond acceptors (Lipinski definition) is 5. The van der Waals surface area contributed by atoms with Crippen molar-refractivity contribution < 1.29 is 9.59 Å². The molecular weight excluding hydrogens is 348 g/mol. The van der Waals surface area contributed by atoms with Crippen molar-refractivity contribution in [3.63, 3.8) is 0 Å². The molecule has 2 amide bonds. The lowest BCUT2D eigenvalue weighted by molar-refractivity contribution is 0.0939. The Hall–Kier alpha value is -3.06. The van der Waals surface area contributed by atoms with E-state index >= 15 is 0 Å². The Morgan fingerprint density at radius 2 is 1.65 bits per heavy atom. The summed E-state index contributed by atoms with van der Waals surface area (Å²) in [6, 6.07) is 16.4. The van der Waals surface area contributed by atoms with Crippen LogP contribution in [0.1, 0.15) is 43.7 Å². The average molecular weight is 366 g/mol. The molecule has 2 aromatic carbocycles. The van der Waals surface area contributed by atoms with Crippen LogP contribution in [-0.4, -0.2) is 22.0 Å². The van der Waals surface area contributed by atoms with Gasteiger partial charge in [-0.1, -0.05) is 41.7 Å². The normalized spacial score (nSPS) is 11.6. The third-order valence-corrected chi connectivity index (χ3v) is 4.61. The van der Waals surface area contributed by atoms with Gasteiger partial charge in [-0.05, 0) is 43.7 Å². The number of anilines is 1. The first-order valence-electron chi connectivity index (χ1n) is 8.10. The summed E-state index contributed by atoms with van der Waals surface area (Å²) in [7, 11) is 0. The van der Waals surface area contributed by atoms with Crippen LogP contribution in [0.4, 0.5) is 5.69 Å². The number of aryl methyl sites for hydroxylation is 1. The van der Waals surface area contributed by atoms with E-state index in [2.05, 4.69) is 20.8 Å². The minimum Gasteiger partial charge on any atom is -0.346 e. The zero-order valence-electron chi connectivity index (χ0n) is 14.4. The maximum atomic E-state index is 12.4. The van der Waals surface area contributed by atoms with Gasteiger partial charge in [0.2, 0.25) is 5.01 Å². The van der Waals surface area contributed by atoms with Crippen LogP contribution in [0, 0.1) is 6.92 Å². The smallest absolute Gasteiger partial charge is 0.286 e. The molecule has 0 aliphatic carbocycles. The Balaban J connectivity index is 1.61. The summed E-state index contributed by atoms with van der Waals surface area (Å²) in [5.41, 5.74) is 2.16. The molecule has 0 saturated heterocycles. The van der Waals surface area contributed by atoms with Crippen LogP contribution < -0.4 is 10.6 Å². The van der Waals surface area contributed by atoms with E-state index in [4.69, 9.17) is 0 Å². The highest BCUT2D eigenvalue weighted by atomic mass is 32.1. The number of carbonyl (C=O) groups excluding carboxylic acids is 2. The number of nitrogens with zero attached hydrogens (tertiary/aromatic N) is 2. The Labute approximate surface area is 155 Å². The standard InChI is InChI=1S/C19H18N4O2S/c1-12(14-6-4-3-5-7-14)20-17(24)15-8-10-16(11-9-15)21-18(25)19-23-22-13(2)26-19/h3-12H,1-2H3,(H,20,24)(H,21,25). The monoisotopic (exact) mass is 366 g/mol. The predicted molar refractivity (Wildman–Crippen MR) is 101 cm³/mol. The zero-order valence-corrected chi connectivity index (χ0v) is 15.2. The van der Waals surface area contributed by atoms with Gasteiger partial charge in [0.15, 0.2) is 0 Å². The van der Waals surface area contributed by atoms with Gasteiger partial charge in [0.25, 0.3) is 11.8 Å². The molecular formula is C19H18N4O2S. The lowest BCUT2D eigenvalue weighted by Crippen LogP contribution is -2.26. The highest BCUT2D eigenvalue weighted by molar-refractivity contribution is 7.13. The minimum absolute atomic E-state index is 0.0938. The number of benzene rings is 2. The van der Waals surface area contributed by atoms with Gasteiger partial charge in [0.05, 0.1) is 6.04 Å². The van der Waals surface area contributed by atoms with Crippen LogP contribution in [0.2, 0.25) is 0 Å². The van der Waals surface area contributed by atoms with E-state index < -0.39 is 0 Å². The molecule has 0 aliphatic heterocycles. The maximum absolute atomic E-state index is 12.4. The number of amides is 2. The largest absolute Gasteiger partial charge is 0.346 e. The third kappa shape index (κ3) is 4.31. The maximum Gasteiger partial charge on any atom is 0.286 e. The fraction of sp³-hybridized carbons (Fsp3) is 0.158. The van der Waals surface area contributed by atoms with E-state index in [1.54, 1.807) is 31.2 Å². The van der Waals surface area contributed by atoms with Gasteiger partial charge < -0.3 is 10.6 Å². The molecule has 6 nitrogen and oxygen atoms in total. The average Bonchev–Trinajstić information content (AvgIpc) is 3.09. The number of nitrogens with one attached hydrogen (secondary N) is 2.